The normalized spacial score (nSPS) is 12.2. The number of esters is 1. The number of alkyl halides is 2. The van der Waals surface area contributed by atoms with E-state index in [9.17, 15) is 23.2 Å². The van der Waals surface area contributed by atoms with E-state index in [2.05, 4.69) is 16.9 Å². The van der Waals surface area contributed by atoms with Gasteiger partial charge in [-0.3, -0.25) is 14.6 Å². The van der Waals surface area contributed by atoms with E-state index in [0.717, 1.165) is 11.4 Å². The van der Waals surface area contributed by atoms with E-state index in [1.165, 1.54) is 25.4 Å². The van der Waals surface area contributed by atoms with Gasteiger partial charge in [-0.25, -0.2) is 4.79 Å². The summed E-state index contributed by atoms with van der Waals surface area (Å²) in [6.07, 6.45) is 2.20. The largest absolute Gasteiger partial charge is 0.454 e. The highest BCUT2D eigenvalue weighted by molar-refractivity contribution is 5.89. The number of likely N-dealkylation sites (N-methyl/N-ethyl adjacent to an activating group) is 2. The molecule has 0 aliphatic carbocycles. The van der Waals surface area contributed by atoms with Gasteiger partial charge in [0.1, 0.15) is 6.10 Å². The molecule has 0 aliphatic heterocycles. The molecule has 0 aromatic carbocycles. The molecule has 1 aromatic heterocycles. The second kappa shape index (κ2) is 14.5. The molecule has 1 N–H and O–H groups in total. The van der Waals surface area contributed by atoms with Crippen LogP contribution < -0.4 is 5.32 Å². The van der Waals surface area contributed by atoms with Crippen LogP contribution in [-0.2, 0) is 20.9 Å². The first-order valence-electron chi connectivity index (χ1n) is 11.4. The van der Waals surface area contributed by atoms with Crippen molar-refractivity contribution in [3.8, 4) is 0 Å². The van der Waals surface area contributed by atoms with E-state index in [4.69, 9.17) is 4.74 Å². The third-order valence-electron chi connectivity index (χ3n) is 5.18. The van der Waals surface area contributed by atoms with Gasteiger partial charge in [-0.05, 0) is 33.2 Å². The highest BCUT2D eigenvalue weighted by atomic mass is 19.3. The van der Waals surface area contributed by atoms with Crippen LogP contribution in [0.15, 0.2) is 31.0 Å². The molecule has 2 amide bonds. The Kier molecular flexibility index (Phi) is 12.5. The van der Waals surface area contributed by atoms with Gasteiger partial charge in [0.2, 0.25) is 5.91 Å². The van der Waals surface area contributed by atoms with E-state index >= 15 is 0 Å². The molecule has 9 nitrogen and oxygen atoms in total. The molecule has 1 rings (SSSR count). The number of carbonyl (C=O) groups is 3. The quantitative estimate of drug-likeness (QED) is 0.292. The number of aromatic nitrogens is 1. The zero-order valence-corrected chi connectivity index (χ0v) is 21.2. The van der Waals surface area contributed by atoms with Gasteiger partial charge < -0.3 is 24.8 Å². The Balaban J connectivity index is 2.60. The number of carbonyl (C=O) groups excluding carboxylic acids is 3. The molecule has 0 saturated heterocycles. The summed E-state index contributed by atoms with van der Waals surface area (Å²) in [5, 5.41) is 3.04. The molecule has 1 atom stereocenters. The molecule has 11 heteroatoms. The number of halogens is 2. The lowest BCUT2D eigenvalue weighted by Gasteiger charge is -2.23. The summed E-state index contributed by atoms with van der Waals surface area (Å²) in [6, 6.07) is 3.04. The van der Waals surface area contributed by atoms with Crippen molar-refractivity contribution in [2.45, 2.75) is 38.8 Å². The fourth-order valence-electron chi connectivity index (χ4n) is 3.08. The van der Waals surface area contributed by atoms with Crippen LogP contribution in [0.3, 0.4) is 0 Å². The molecule has 0 spiro atoms. The summed E-state index contributed by atoms with van der Waals surface area (Å²) in [5.41, 5.74) is 0.801. The predicted octanol–water partition coefficient (Wildman–Crippen LogP) is 1.80. The fraction of sp³-hybridized carbons (Fsp3) is 0.583. The van der Waals surface area contributed by atoms with Gasteiger partial charge in [0.25, 0.3) is 5.91 Å². The maximum atomic E-state index is 13.2. The van der Waals surface area contributed by atoms with E-state index in [1.54, 1.807) is 11.0 Å². The van der Waals surface area contributed by atoms with Gasteiger partial charge in [-0.15, -0.1) is 0 Å². The lowest BCUT2D eigenvalue weighted by molar-refractivity contribution is -0.153. The summed E-state index contributed by atoms with van der Waals surface area (Å²) in [5.74, 6) is -5.44. The Hall–Kier alpha value is -2.92. The van der Waals surface area contributed by atoms with Crippen LogP contribution in [-0.4, -0.2) is 103 Å². The molecule has 0 saturated carbocycles. The van der Waals surface area contributed by atoms with Crippen molar-refractivity contribution in [1.29, 1.82) is 0 Å². The van der Waals surface area contributed by atoms with Crippen LogP contribution >= 0.6 is 0 Å². The van der Waals surface area contributed by atoms with Crippen LogP contribution in [0.4, 0.5) is 8.78 Å². The summed E-state index contributed by atoms with van der Waals surface area (Å²) < 4.78 is 31.7. The minimum absolute atomic E-state index is 0.0250. The summed E-state index contributed by atoms with van der Waals surface area (Å²) in [4.78, 5) is 45.4. The Morgan fingerprint density at radius 2 is 1.91 bits per heavy atom. The van der Waals surface area contributed by atoms with E-state index in [-0.39, 0.29) is 37.5 Å². The Morgan fingerprint density at radius 1 is 1.23 bits per heavy atom. The minimum Gasteiger partial charge on any atom is -0.454 e. The van der Waals surface area contributed by atoms with E-state index in [0.29, 0.717) is 25.7 Å². The molecule has 35 heavy (non-hydrogen) atoms. The van der Waals surface area contributed by atoms with Crippen LogP contribution in [0.25, 0.3) is 0 Å². The number of rotatable bonds is 15. The van der Waals surface area contributed by atoms with Crippen molar-refractivity contribution in [1.82, 2.24) is 25.0 Å². The van der Waals surface area contributed by atoms with E-state index < -0.39 is 23.9 Å². The molecule has 1 aromatic rings. The second-order valence-corrected chi connectivity index (χ2v) is 8.50. The predicted molar refractivity (Wildman–Crippen MR) is 129 cm³/mol. The van der Waals surface area contributed by atoms with Crippen molar-refractivity contribution < 1.29 is 27.9 Å². The lowest BCUT2D eigenvalue weighted by Crippen LogP contribution is -2.41. The van der Waals surface area contributed by atoms with Crippen molar-refractivity contribution in [2.24, 2.45) is 0 Å². The molecule has 0 radical (unpaired) electrons. The number of nitrogens with zero attached hydrogens (tertiary/aromatic N) is 4. The number of hydrogen-bond acceptors (Lipinski definition) is 7. The van der Waals surface area contributed by atoms with Crippen LogP contribution in [0.5, 0.6) is 0 Å². The first kappa shape index (κ1) is 30.1. The summed E-state index contributed by atoms with van der Waals surface area (Å²) in [6.45, 7) is 8.48. The highest BCUT2D eigenvalue weighted by Gasteiger charge is 2.35. The maximum Gasteiger partial charge on any atom is 0.338 e. The minimum atomic E-state index is -3.47. The molecular formula is C24H37F2N5O4. The third-order valence-corrected chi connectivity index (χ3v) is 5.18. The van der Waals surface area contributed by atoms with Crippen molar-refractivity contribution in [3.05, 3.63) is 42.2 Å². The molecule has 0 aliphatic rings. The monoisotopic (exact) mass is 497 g/mol. The van der Waals surface area contributed by atoms with Crippen LogP contribution in [0, 0.1) is 0 Å². The Bertz CT molecular complexity index is 861. The lowest BCUT2D eigenvalue weighted by atomic mass is 10.2. The molecular weight excluding hydrogens is 460 g/mol. The highest BCUT2D eigenvalue weighted by Crippen LogP contribution is 2.16. The first-order valence-corrected chi connectivity index (χ1v) is 11.4. The molecule has 1 heterocycles. The number of nitrogens with one attached hydrogen (secondary N) is 1. The number of ether oxygens (including phenoxy) is 1. The molecule has 196 valence electrons. The van der Waals surface area contributed by atoms with E-state index in [1.807, 2.05) is 25.9 Å². The van der Waals surface area contributed by atoms with Crippen molar-refractivity contribution >= 4 is 17.8 Å². The average molecular weight is 498 g/mol. The Morgan fingerprint density at radius 3 is 2.49 bits per heavy atom. The SMILES string of the molecule is C=CC(CCN(C)C(=O)C(C)(F)F)OC(=O)c1ccnc(CNCC(=O)N(CC)CCN(C)C)c1. The van der Waals surface area contributed by atoms with Gasteiger partial charge in [-0.1, -0.05) is 12.7 Å². The number of hydrogen-bond donors (Lipinski definition) is 1. The number of amides is 2. The van der Waals surface area contributed by atoms with Crippen LogP contribution in [0.2, 0.25) is 0 Å². The van der Waals surface area contributed by atoms with Gasteiger partial charge in [0.05, 0.1) is 17.8 Å². The maximum absolute atomic E-state index is 13.2. The third kappa shape index (κ3) is 10.9. The Labute approximate surface area is 206 Å². The van der Waals surface area contributed by atoms with Gasteiger partial charge in [0, 0.05) is 59.3 Å². The van der Waals surface area contributed by atoms with Crippen molar-refractivity contribution in [3.63, 3.8) is 0 Å². The fourth-order valence-corrected chi connectivity index (χ4v) is 3.08. The second-order valence-electron chi connectivity index (χ2n) is 8.50. The zero-order chi connectivity index (χ0) is 26.6. The van der Waals surface area contributed by atoms with Crippen molar-refractivity contribution in [2.75, 3.05) is 53.9 Å². The molecule has 0 bridgehead atoms. The topological polar surface area (TPSA) is 95.1 Å². The average Bonchev–Trinajstić information content (AvgIpc) is 2.80. The first-order chi connectivity index (χ1) is 16.4. The smallest absolute Gasteiger partial charge is 0.338 e. The molecule has 1 unspecified atom stereocenters. The zero-order valence-electron chi connectivity index (χ0n) is 21.2. The van der Waals surface area contributed by atoms with Gasteiger partial charge in [-0.2, -0.15) is 8.78 Å². The summed E-state index contributed by atoms with van der Waals surface area (Å²) in [7, 11) is 5.16. The van der Waals surface area contributed by atoms with Gasteiger partial charge in [0.15, 0.2) is 0 Å². The standard InChI is InChI=1S/C24H37F2N5O4/c1-7-20(10-12-30(6)23(34)24(3,25)26)35-22(33)18-9-11-28-19(15-18)16-27-17-21(32)31(8-2)14-13-29(4)5/h7,9,11,15,20,27H,1,8,10,12-14,16-17H2,2-6H3. The van der Waals surface area contributed by atoms with Gasteiger partial charge >= 0.3 is 11.9 Å². The summed E-state index contributed by atoms with van der Waals surface area (Å²) >= 11 is 0. The molecule has 0 fully saturated rings. The van der Waals surface area contributed by atoms with Crippen LogP contribution in [0.1, 0.15) is 36.3 Å². The number of pyridine rings is 1.